The molecule has 0 aliphatic heterocycles. The van der Waals surface area contributed by atoms with Crippen molar-refractivity contribution in [3.05, 3.63) is 133 Å². The molecule has 6 rings (SSSR count). The van der Waals surface area contributed by atoms with Crippen LogP contribution in [0.1, 0.15) is 21.6 Å². The Kier molecular flexibility index (Phi) is 5.12. The highest BCUT2D eigenvalue weighted by Gasteiger charge is 2.23. The van der Waals surface area contributed by atoms with Gasteiger partial charge in [-0.05, 0) is 34.4 Å². The molecule has 168 valence electrons. The molecule has 0 fully saturated rings. The van der Waals surface area contributed by atoms with E-state index in [-0.39, 0.29) is 5.78 Å². The van der Waals surface area contributed by atoms with Crippen molar-refractivity contribution in [2.45, 2.75) is 6.92 Å². The summed E-state index contributed by atoms with van der Waals surface area (Å²) >= 11 is 0. The number of fused-ring (bicyclic) bond motifs is 1. The Balaban J connectivity index is 1.51. The molecule has 35 heavy (non-hydrogen) atoms. The van der Waals surface area contributed by atoms with Gasteiger partial charge in [-0.2, -0.15) is 0 Å². The summed E-state index contributed by atoms with van der Waals surface area (Å²) in [5, 5.41) is 2.26. The van der Waals surface area contributed by atoms with E-state index in [0.717, 1.165) is 44.5 Å². The monoisotopic (exact) mass is 453 g/mol. The number of ketones is 1. The highest BCUT2D eigenvalue weighted by molar-refractivity contribution is 6.15. The molecule has 0 radical (unpaired) electrons. The average Bonchev–Trinajstić information content (AvgIpc) is 3.56. The Morgan fingerprint density at radius 2 is 1.49 bits per heavy atom. The number of carbonyl (C=O) groups excluding carboxylic acids is 1. The summed E-state index contributed by atoms with van der Waals surface area (Å²) in [7, 11) is 0. The van der Waals surface area contributed by atoms with Gasteiger partial charge in [-0.15, -0.1) is 0 Å². The lowest BCUT2D eigenvalue weighted by Crippen LogP contribution is -2.05. The minimum atomic E-state index is 0.00307. The average molecular weight is 454 g/mol. The van der Waals surface area contributed by atoms with Crippen molar-refractivity contribution in [3.8, 4) is 28.1 Å². The molecule has 2 heterocycles. The molecule has 0 bridgehead atoms. The van der Waals surface area contributed by atoms with E-state index in [2.05, 4.69) is 46.4 Å². The zero-order chi connectivity index (χ0) is 23.8. The van der Waals surface area contributed by atoms with E-state index in [9.17, 15) is 4.79 Å². The minimum Gasteiger partial charge on any atom is -0.331 e. The molecule has 4 heteroatoms. The quantitative estimate of drug-likeness (QED) is 0.280. The number of rotatable bonds is 5. The summed E-state index contributed by atoms with van der Waals surface area (Å²) in [5.41, 5.74) is 6.39. The van der Waals surface area contributed by atoms with Crippen LogP contribution in [0.4, 0.5) is 0 Å². The molecular formula is C31H23N3O. The number of carbonyl (C=O) groups is 1. The Labute approximate surface area is 203 Å². The third-order valence-electron chi connectivity index (χ3n) is 6.56. The summed E-state index contributed by atoms with van der Waals surface area (Å²) in [6, 6.07) is 32.6. The van der Waals surface area contributed by atoms with Gasteiger partial charge in [0.25, 0.3) is 0 Å². The molecule has 0 atom stereocenters. The lowest BCUT2D eigenvalue weighted by atomic mass is 9.92. The van der Waals surface area contributed by atoms with Gasteiger partial charge in [0.05, 0.1) is 18.1 Å². The van der Waals surface area contributed by atoms with Gasteiger partial charge in [0.15, 0.2) is 5.78 Å². The fourth-order valence-electron chi connectivity index (χ4n) is 4.78. The molecule has 0 aliphatic rings. The minimum absolute atomic E-state index is 0.00307. The SMILES string of the molecule is Cc1c(C(=O)c2ccc(-c3ccccc3)cc2)c(-c2cccc3ccccc23)cn1-c1cnc[nH]1. The first-order chi connectivity index (χ1) is 17.2. The number of aromatic nitrogens is 3. The van der Waals surface area contributed by atoms with Crippen molar-refractivity contribution in [1.82, 2.24) is 14.5 Å². The van der Waals surface area contributed by atoms with Crippen LogP contribution in [-0.4, -0.2) is 20.3 Å². The van der Waals surface area contributed by atoms with Gasteiger partial charge in [-0.3, -0.25) is 4.79 Å². The zero-order valence-corrected chi connectivity index (χ0v) is 19.3. The van der Waals surface area contributed by atoms with E-state index < -0.39 is 0 Å². The van der Waals surface area contributed by atoms with Crippen LogP contribution in [-0.2, 0) is 0 Å². The molecule has 0 aliphatic carbocycles. The van der Waals surface area contributed by atoms with E-state index in [0.29, 0.717) is 11.1 Å². The highest BCUT2D eigenvalue weighted by atomic mass is 16.1. The molecule has 0 saturated heterocycles. The Morgan fingerprint density at radius 3 is 2.26 bits per heavy atom. The van der Waals surface area contributed by atoms with Crippen molar-refractivity contribution >= 4 is 16.6 Å². The zero-order valence-electron chi connectivity index (χ0n) is 19.3. The van der Waals surface area contributed by atoms with Gasteiger partial charge in [-0.1, -0.05) is 97.1 Å². The van der Waals surface area contributed by atoms with Crippen LogP contribution in [0.25, 0.3) is 38.8 Å². The molecule has 0 saturated carbocycles. The standard InChI is InChI=1S/C31H23N3O/c1-21-30(31(35)25-16-14-23(15-17-25)22-8-3-2-4-9-22)28(19-34(21)29-18-32-20-33-29)27-13-7-11-24-10-5-6-12-26(24)27/h2-20H,1H3,(H,32,33). The molecule has 0 spiro atoms. The Hall–Kier alpha value is -4.70. The third kappa shape index (κ3) is 3.65. The number of H-pyrrole nitrogens is 1. The van der Waals surface area contributed by atoms with Crippen molar-refractivity contribution in [2.75, 3.05) is 0 Å². The van der Waals surface area contributed by atoms with E-state index in [4.69, 9.17) is 0 Å². The topological polar surface area (TPSA) is 50.7 Å². The molecule has 0 amide bonds. The lowest BCUT2D eigenvalue weighted by molar-refractivity contribution is 0.103. The van der Waals surface area contributed by atoms with Gasteiger partial charge in [-0.25, -0.2) is 4.98 Å². The summed E-state index contributed by atoms with van der Waals surface area (Å²) in [6.07, 6.45) is 5.45. The van der Waals surface area contributed by atoms with Crippen LogP contribution in [0.5, 0.6) is 0 Å². The van der Waals surface area contributed by atoms with Crippen LogP contribution in [0.2, 0.25) is 0 Å². The van der Waals surface area contributed by atoms with E-state index in [1.165, 1.54) is 0 Å². The predicted molar refractivity (Wildman–Crippen MR) is 141 cm³/mol. The van der Waals surface area contributed by atoms with Crippen LogP contribution in [0.15, 0.2) is 116 Å². The Bertz CT molecular complexity index is 1640. The van der Waals surface area contributed by atoms with Crippen LogP contribution in [0, 0.1) is 6.92 Å². The largest absolute Gasteiger partial charge is 0.331 e. The number of hydrogen-bond donors (Lipinski definition) is 1. The first-order valence-electron chi connectivity index (χ1n) is 11.6. The van der Waals surface area contributed by atoms with Gasteiger partial charge in [0.1, 0.15) is 5.82 Å². The normalized spacial score (nSPS) is 11.1. The fraction of sp³-hybridized carbons (Fsp3) is 0.0323. The summed E-state index contributed by atoms with van der Waals surface area (Å²) in [6.45, 7) is 1.99. The second kappa shape index (κ2) is 8.58. The van der Waals surface area contributed by atoms with Gasteiger partial charge in [0, 0.05) is 23.0 Å². The molecule has 1 N–H and O–H groups in total. The van der Waals surface area contributed by atoms with E-state index in [1.807, 2.05) is 78.4 Å². The van der Waals surface area contributed by atoms with Crippen molar-refractivity contribution < 1.29 is 4.79 Å². The summed E-state index contributed by atoms with van der Waals surface area (Å²) in [4.78, 5) is 21.3. The maximum Gasteiger partial charge on any atom is 0.195 e. The first-order valence-corrected chi connectivity index (χ1v) is 11.6. The number of hydrogen-bond acceptors (Lipinski definition) is 2. The van der Waals surface area contributed by atoms with Crippen LogP contribution in [0.3, 0.4) is 0 Å². The van der Waals surface area contributed by atoms with Gasteiger partial charge in [0.2, 0.25) is 0 Å². The molecule has 0 unspecified atom stereocenters. The maximum absolute atomic E-state index is 14.0. The second-order valence-electron chi connectivity index (χ2n) is 8.61. The summed E-state index contributed by atoms with van der Waals surface area (Å²) < 4.78 is 2.01. The Morgan fingerprint density at radius 1 is 0.771 bits per heavy atom. The highest BCUT2D eigenvalue weighted by Crippen LogP contribution is 2.36. The number of nitrogens with zero attached hydrogens (tertiary/aromatic N) is 2. The molecule has 4 aromatic carbocycles. The lowest BCUT2D eigenvalue weighted by Gasteiger charge is -2.10. The molecular weight excluding hydrogens is 430 g/mol. The number of nitrogens with one attached hydrogen (secondary N) is 1. The second-order valence-corrected chi connectivity index (χ2v) is 8.61. The number of benzene rings is 4. The molecule has 4 nitrogen and oxygen atoms in total. The van der Waals surface area contributed by atoms with E-state index in [1.54, 1.807) is 12.5 Å². The maximum atomic E-state index is 14.0. The number of aromatic amines is 1. The summed E-state index contributed by atoms with van der Waals surface area (Å²) in [5.74, 6) is 0.825. The first kappa shape index (κ1) is 20.9. The number of imidazole rings is 1. The third-order valence-corrected chi connectivity index (χ3v) is 6.56. The van der Waals surface area contributed by atoms with Gasteiger partial charge >= 0.3 is 0 Å². The predicted octanol–water partition coefficient (Wildman–Crippen LogP) is 7.23. The van der Waals surface area contributed by atoms with Crippen molar-refractivity contribution in [1.29, 1.82) is 0 Å². The van der Waals surface area contributed by atoms with E-state index >= 15 is 0 Å². The smallest absolute Gasteiger partial charge is 0.195 e. The molecule has 2 aromatic heterocycles. The van der Waals surface area contributed by atoms with Crippen molar-refractivity contribution in [2.24, 2.45) is 0 Å². The fourth-order valence-corrected chi connectivity index (χ4v) is 4.78. The van der Waals surface area contributed by atoms with Crippen molar-refractivity contribution in [3.63, 3.8) is 0 Å². The van der Waals surface area contributed by atoms with Gasteiger partial charge < -0.3 is 9.55 Å². The van der Waals surface area contributed by atoms with Crippen LogP contribution >= 0.6 is 0 Å². The van der Waals surface area contributed by atoms with Crippen LogP contribution < -0.4 is 0 Å². The molecule has 6 aromatic rings.